The summed E-state index contributed by atoms with van der Waals surface area (Å²) in [6.45, 7) is 2.27. The van der Waals surface area contributed by atoms with Gasteiger partial charge in [0, 0.05) is 17.7 Å². The predicted molar refractivity (Wildman–Crippen MR) is 106 cm³/mol. The Hall–Kier alpha value is -2.98. The van der Waals surface area contributed by atoms with Crippen LogP contribution in [0.1, 0.15) is 24.5 Å². The number of nitrogen functional groups attached to an aromatic ring is 1. The SMILES string of the molecule is CC1CC#Cc2ccc(-c3cc(N)cc(-c4ccccc4)c3)cc2C1. The van der Waals surface area contributed by atoms with Gasteiger partial charge in [0.05, 0.1) is 0 Å². The van der Waals surface area contributed by atoms with Crippen molar-refractivity contribution >= 4 is 5.69 Å². The molecule has 0 radical (unpaired) electrons. The van der Waals surface area contributed by atoms with Gasteiger partial charge in [-0.2, -0.15) is 0 Å². The van der Waals surface area contributed by atoms with E-state index in [1.807, 2.05) is 12.1 Å². The molecule has 0 saturated carbocycles. The minimum Gasteiger partial charge on any atom is -0.399 e. The molecule has 25 heavy (non-hydrogen) atoms. The van der Waals surface area contributed by atoms with E-state index in [9.17, 15) is 0 Å². The monoisotopic (exact) mass is 323 g/mol. The van der Waals surface area contributed by atoms with E-state index < -0.39 is 0 Å². The van der Waals surface area contributed by atoms with E-state index in [0.717, 1.165) is 29.7 Å². The summed E-state index contributed by atoms with van der Waals surface area (Å²) in [4.78, 5) is 0. The van der Waals surface area contributed by atoms with Gasteiger partial charge in [-0.1, -0.05) is 55.2 Å². The van der Waals surface area contributed by atoms with Crippen LogP contribution in [0.25, 0.3) is 22.3 Å². The zero-order valence-electron chi connectivity index (χ0n) is 14.4. The summed E-state index contributed by atoms with van der Waals surface area (Å²) in [5.41, 5.74) is 14.2. The van der Waals surface area contributed by atoms with Gasteiger partial charge < -0.3 is 5.73 Å². The second-order valence-electron chi connectivity index (χ2n) is 6.90. The van der Waals surface area contributed by atoms with Gasteiger partial charge in [0.2, 0.25) is 0 Å². The van der Waals surface area contributed by atoms with Crippen LogP contribution in [0, 0.1) is 17.8 Å². The van der Waals surface area contributed by atoms with E-state index >= 15 is 0 Å². The molecule has 0 aromatic heterocycles. The van der Waals surface area contributed by atoms with Gasteiger partial charge in [0.25, 0.3) is 0 Å². The van der Waals surface area contributed by atoms with Crippen molar-refractivity contribution in [3.8, 4) is 34.1 Å². The quantitative estimate of drug-likeness (QED) is 0.486. The molecule has 4 rings (SSSR count). The molecule has 1 aliphatic carbocycles. The van der Waals surface area contributed by atoms with Crippen LogP contribution in [-0.4, -0.2) is 0 Å². The zero-order chi connectivity index (χ0) is 17.2. The molecule has 2 N–H and O–H groups in total. The fourth-order valence-electron chi connectivity index (χ4n) is 3.45. The van der Waals surface area contributed by atoms with Gasteiger partial charge in [-0.15, -0.1) is 0 Å². The first-order valence-corrected chi connectivity index (χ1v) is 8.77. The van der Waals surface area contributed by atoms with Crippen molar-refractivity contribution in [3.05, 3.63) is 77.9 Å². The minimum atomic E-state index is 0.602. The molecule has 0 amide bonds. The summed E-state index contributed by atoms with van der Waals surface area (Å²) in [6.07, 6.45) is 2.04. The highest BCUT2D eigenvalue weighted by Gasteiger charge is 2.12. The van der Waals surface area contributed by atoms with E-state index in [0.29, 0.717) is 5.92 Å². The molecule has 0 heterocycles. The number of nitrogens with two attached hydrogens (primary N) is 1. The predicted octanol–water partition coefficient (Wildman–Crippen LogP) is 5.54. The van der Waals surface area contributed by atoms with Crippen molar-refractivity contribution in [2.45, 2.75) is 19.8 Å². The number of fused-ring (bicyclic) bond motifs is 1. The fourth-order valence-corrected chi connectivity index (χ4v) is 3.45. The molecule has 1 unspecified atom stereocenters. The number of anilines is 1. The fraction of sp³-hybridized carbons (Fsp3) is 0.167. The third-order valence-electron chi connectivity index (χ3n) is 4.74. The van der Waals surface area contributed by atoms with Gasteiger partial charge in [-0.3, -0.25) is 0 Å². The molecule has 3 aromatic carbocycles. The van der Waals surface area contributed by atoms with Gasteiger partial charge in [0.15, 0.2) is 0 Å². The number of hydrogen-bond donors (Lipinski definition) is 1. The van der Waals surface area contributed by atoms with Crippen LogP contribution in [-0.2, 0) is 6.42 Å². The second-order valence-corrected chi connectivity index (χ2v) is 6.90. The average molecular weight is 323 g/mol. The van der Waals surface area contributed by atoms with Crippen LogP contribution < -0.4 is 5.73 Å². The maximum atomic E-state index is 6.20. The van der Waals surface area contributed by atoms with Gasteiger partial charge in [0.1, 0.15) is 0 Å². The second kappa shape index (κ2) is 6.49. The molecule has 1 heteroatoms. The Morgan fingerprint density at radius 2 is 1.60 bits per heavy atom. The lowest BCUT2D eigenvalue weighted by Crippen LogP contribution is -1.99. The number of benzene rings is 3. The third kappa shape index (κ3) is 3.30. The Labute approximate surface area is 149 Å². The first kappa shape index (κ1) is 15.5. The first-order valence-electron chi connectivity index (χ1n) is 8.77. The van der Waals surface area contributed by atoms with E-state index in [1.54, 1.807) is 0 Å². The molecular weight excluding hydrogens is 302 g/mol. The molecule has 0 bridgehead atoms. The maximum Gasteiger partial charge on any atom is 0.0326 e. The lowest BCUT2D eigenvalue weighted by molar-refractivity contribution is 0.602. The van der Waals surface area contributed by atoms with Crippen LogP contribution in [0.2, 0.25) is 0 Å². The smallest absolute Gasteiger partial charge is 0.0326 e. The van der Waals surface area contributed by atoms with Crippen LogP contribution >= 0.6 is 0 Å². The normalized spacial score (nSPS) is 15.6. The summed E-state index contributed by atoms with van der Waals surface area (Å²) in [5.74, 6) is 7.19. The van der Waals surface area contributed by atoms with Crippen molar-refractivity contribution in [3.63, 3.8) is 0 Å². The molecule has 1 nitrogen and oxygen atoms in total. The average Bonchev–Trinajstić information content (AvgIpc) is 2.81. The Morgan fingerprint density at radius 1 is 0.840 bits per heavy atom. The highest BCUT2D eigenvalue weighted by Crippen LogP contribution is 2.31. The zero-order valence-corrected chi connectivity index (χ0v) is 14.4. The van der Waals surface area contributed by atoms with Crippen LogP contribution in [0.3, 0.4) is 0 Å². The molecule has 1 aliphatic rings. The molecule has 0 aliphatic heterocycles. The number of hydrogen-bond acceptors (Lipinski definition) is 1. The Balaban J connectivity index is 1.79. The molecule has 0 saturated heterocycles. The van der Waals surface area contributed by atoms with Gasteiger partial charge >= 0.3 is 0 Å². The van der Waals surface area contributed by atoms with Crippen LogP contribution in [0.4, 0.5) is 5.69 Å². The summed E-state index contributed by atoms with van der Waals surface area (Å²) < 4.78 is 0. The molecule has 3 aromatic rings. The largest absolute Gasteiger partial charge is 0.399 e. The lowest BCUT2D eigenvalue weighted by atomic mass is 9.92. The van der Waals surface area contributed by atoms with E-state index in [1.165, 1.54) is 22.3 Å². The summed E-state index contributed by atoms with van der Waals surface area (Å²) in [5, 5.41) is 0. The van der Waals surface area contributed by atoms with E-state index in [2.05, 4.69) is 73.4 Å². The molecular formula is C24H21N. The highest BCUT2D eigenvalue weighted by atomic mass is 14.5. The minimum absolute atomic E-state index is 0.602. The Bertz CT molecular complexity index is 974. The van der Waals surface area contributed by atoms with Crippen molar-refractivity contribution < 1.29 is 0 Å². The van der Waals surface area contributed by atoms with Crippen LogP contribution in [0.5, 0.6) is 0 Å². The first-order chi connectivity index (χ1) is 12.2. The van der Waals surface area contributed by atoms with E-state index in [-0.39, 0.29) is 0 Å². The van der Waals surface area contributed by atoms with Crippen molar-refractivity contribution in [2.24, 2.45) is 5.92 Å². The summed E-state index contributed by atoms with van der Waals surface area (Å²) in [6, 6.07) is 23.3. The number of rotatable bonds is 2. The van der Waals surface area contributed by atoms with E-state index in [4.69, 9.17) is 5.73 Å². The maximum absolute atomic E-state index is 6.20. The summed E-state index contributed by atoms with van der Waals surface area (Å²) >= 11 is 0. The summed E-state index contributed by atoms with van der Waals surface area (Å²) in [7, 11) is 0. The van der Waals surface area contributed by atoms with Crippen molar-refractivity contribution in [1.29, 1.82) is 0 Å². The Kier molecular flexibility index (Phi) is 4.04. The molecule has 122 valence electrons. The standard InChI is InChI=1S/C24H21N/c1-17-6-5-9-19-10-11-20(13-21(19)12-17)23-14-22(15-24(25)16-23)18-7-3-2-4-8-18/h2-4,7-8,10-11,13-17H,6,12,25H2,1H3. The lowest BCUT2D eigenvalue weighted by Gasteiger charge is -2.12. The van der Waals surface area contributed by atoms with Gasteiger partial charge in [-0.05, 0) is 70.5 Å². The molecule has 0 spiro atoms. The van der Waals surface area contributed by atoms with Gasteiger partial charge in [-0.25, -0.2) is 0 Å². The van der Waals surface area contributed by atoms with Crippen molar-refractivity contribution in [1.82, 2.24) is 0 Å². The van der Waals surface area contributed by atoms with Crippen molar-refractivity contribution in [2.75, 3.05) is 5.73 Å². The topological polar surface area (TPSA) is 26.0 Å². The van der Waals surface area contributed by atoms with Crippen LogP contribution in [0.15, 0.2) is 66.7 Å². The Morgan fingerprint density at radius 3 is 2.40 bits per heavy atom. The third-order valence-corrected chi connectivity index (χ3v) is 4.74. The highest BCUT2D eigenvalue weighted by molar-refractivity contribution is 5.78. The molecule has 0 fully saturated rings. The molecule has 1 atom stereocenters.